The molecule has 0 bridgehead atoms. The quantitative estimate of drug-likeness (QED) is 0.493. The summed E-state index contributed by atoms with van der Waals surface area (Å²) in [6.45, 7) is 8.70. The smallest absolute Gasteiger partial charge is 0.329 e. The first-order valence-electron chi connectivity index (χ1n) is 10.2. The number of aliphatic carboxylic acids is 1. The topological polar surface area (TPSA) is 128 Å². The molecule has 1 rings (SSSR count). The Hall–Kier alpha value is -2.36. The number of imide groups is 1. The van der Waals surface area contributed by atoms with E-state index in [2.05, 4.69) is 10.6 Å². The van der Waals surface area contributed by atoms with Gasteiger partial charge in [0.1, 0.15) is 18.8 Å². The van der Waals surface area contributed by atoms with Crippen molar-refractivity contribution in [1.29, 1.82) is 0 Å². The highest BCUT2D eigenvalue weighted by Crippen LogP contribution is 2.20. The van der Waals surface area contributed by atoms with Crippen LogP contribution in [0.25, 0.3) is 0 Å². The fourth-order valence-electron chi connectivity index (χ4n) is 2.99. The van der Waals surface area contributed by atoms with Crippen molar-refractivity contribution in [2.24, 2.45) is 0 Å². The lowest BCUT2D eigenvalue weighted by molar-refractivity contribution is -0.137. The summed E-state index contributed by atoms with van der Waals surface area (Å²) in [5, 5.41) is 14.5. The summed E-state index contributed by atoms with van der Waals surface area (Å²) in [7, 11) is 0. The van der Waals surface area contributed by atoms with Crippen molar-refractivity contribution in [3.05, 3.63) is 0 Å². The van der Waals surface area contributed by atoms with Crippen molar-refractivity contribution in [2.45, 2.75) is 84.7 Å². The lowest BCUT2D eigenvalue weighted by Crippen LogP contribution is -2.57. The highest BCUT2D eigenvalue weighted by molar-refractivity contribution is 5.98. The molecule has 29 heavy (non-hydrogen) atoms. The summed E-state index contributed by atoms with van der Waals surface area (Å²) in [5.41, 5.74) is 0. The van der Waals surface area contributed by atoms with Gasteiger partial charge in [0, 0.05) is 12.6 Å². The second kappa shape index (κ2) is 11.6. The van der Waals surface area contributed by atoms with Gasteiger partial charge in [0.25, 0.3) is 0 Å². The minimum absolute atomic E-state index is 0.0723. The van der Waals surface area contributed by atoms with E-state index in [0.29, 0.717) is 30.6 Å². The maximum Gasteiger partial charge on any atom is 0.329 e. The molecule has 1 fully saturated rings. The summed E-state index contributed by atoms with van der Waals surface area (Å²) in [6, 6.07) is -2.57. The van der Waals surface area contributed by atoms with Crippen LogP contribution in [0.2, 0.25) is 0 Å². The number of hydrogen-bond acceptors (Lipinski definition) is 5. The molecule has 10 heteroatoms. The van der Waals surface area contributed by atoms with Crippen LogP contribution in [0.4, 0.5) is 9.59 Å². The number of ether oxygens (including phenoxy) is 1. The van der Waals surface area contributed by atoms with Crippen molar-refractivity contribution < 1.29 is 29.0 Å². The molecular weight excluding hydrogens is 380 g/mol. The highest BCUT2D eigenvalue weighted by Gasteiger charge is 2.39. The average molecular weight is 415 g/mol. The van der Waals surface area contributed by atoms with E-state index < -0.39 is 36.8 Å². The Morgan fingerprint density at radius 1 is 1.14 bits per heavy atom. The molecule has 0 aliphatic carbocycles. The zero-order chi connectivity index (χ0) is 22.1. The van der Waals surface area contributed by atoms with Crippen LogP contribution >= 0.6 is 0 Å². The molecule has 0 spiro atoms. The van der Waals surface area contributed by atoms with E-state index in [1.165, 1.54) is 4.90 Å². The summed E-state index contributed by atoms with van der Waals surface area (Å²) in [4.78, 5) is 51.2. The molecule has 3 unspecified atom stereocenters. The Bertz CT molecular complexity index is 597. The third-order valence-electron chi connectivity index (χ3n) is 4.66. The first-order chi connectivity index (χ1) is 13.6. The van der Waals surface area contributed by atoms with E-state index in [1.54, 1.807) is 6.92 Å². The summed E-state index contributed by atoms with van der Waals surface area (Å²) in [6.07, 6.45) is 1.65. The van der Waals surface area contributed by atoms with Gasteiger partial charge >= 0.3 is 18.0 Å². The zero-order valence-electron chi connectivity index (χ0n) is 17.9. The Morgan fingerprint density at radius 2 is 1.79 bits per heavy atom. The van der Waals surface area contributed by atoms with Crippen LogP contribution in [0.5, 0.6) is 0 Å². The normalized spacial score (nSPS) is 18.3. The molecule has 1 heterocycles. The number of carbonyl (C=O) groups is 4. The monoisotopic (exact) mass is 414 g/mol. The van der Waals surface area contributed by atoms with Crippen LogP contribution < -0.4 is 10.6 Å². The fourth-order valence-corrected chi connectivity index (χ4v) is 2.99. The maximum atomic E-state index is 13.0. The molecule has 0 aromatic carbocycles. The van der Waals surface area contributed by atoms with Gasteiger partial charge in [-0.1, -0.05) is 13.8 Å². The Balaban J connectivity index is 2.92. The first-order valence-corrected chi connectivity index (χ1v) is 10.2. The number of amides is 5. The van der Waals surface area contributed by atoms with E-state index in [0.717, 1.165) is 0 Å². The Labute approximate surface area is 171 Å². The first kappa shape index (κ1) is 24.7. The van der Waals surface area contributed by atoms with Crippen LogP contribution in [0, 0.1) is 0 Å². The van der Waals surface area contributed by atoms with E-state index in [-0.39, 0.29) is 24.6 Å². The molecule has 1 aliphatic rings. The van der Waals surface area contributed by atoms with Crippen molar-refractivity contribution in [3.63, 3.8) is 0 Å². The molecule has 0 aromatic heterocycles. The molecule has 3 atom stereocenters. The van der Waals surface area contributed by atoms with Crippen LogP contribution in [0.15, 0.2) is 0 Å². The molecule has 166 valence electrons. The van der Waals surface area contributed by atoms with E-state index >= 15 is 0 Å². The predicted molar refractivity (Wildman–Crippen MR) is 106 cm³/mol. The number of carboxylic acids is 1. The molecule has 1 saturated heterocycles. The average Bonchev–Trinajstić information content (AvgIpc) is 3.14. The van der Waals surface area contributed by atoms with E-state index in [4.69, 9.17) is 9.84 Å². The van der Waals surface area contributed by atoms with E-state index in [9.17, 15) is 19.2 Å². The minimum Gasteiger partial charge on any atom is -0.480 e. The number of carbonyl (C=O) groups excluding carboxylic acids is 3. The second-order valence-corrected chi connectivity index (χ2v) is 7.46. The van der Waals surface area contributed by atoms with Crippen molar-refractivity contribution in [3.8, 4) is 0 Å². The van der Waals surface area contributed by atoms with Crippen molar-refractivity contribution >= 4 is 23.9 Å². The second-order valence-electron chi connectivity index (χ2n) is 7.46. The molecule has 10 nitrogen and oxygen atoms in total. The number of rotatable bonds is 9. The molecule has 3 N–H and O–H groups in total. The minimum atomic E-state index is -1.31. The van der Waals surface area contributed by atoms with Gasteiger partial charge in [-0.2, -0.15) is 0 Å². The van der Waals surface area contributed by atoms with Gasteiger partial charge in [0.15, 0.2) is 0 Å². The van der Waals surface area contributed by atoms with Gasteiger partial charge in [-0.05, 0) is 46.5 Å². The number of nitrogens with zero attached hydrogens (tertiary/aromatic N) is 2. The number of carboxylic acid groups (broad SMARTS) is 1. The van der Waals surface area contributed by atoms with Crippen LogP contribution in [0.1, 0.15) is 60.3 Å². The van der Waals surface area contributed by atoms with Gasteiger partial charge in [-0.3, -0.25) is 9.59 Å². The van der Waals surface area contributed by atoms with Gasteiger partial charge in [0.2, 0.25) is 5.91 Å². The van der Waals surface area contributed by atoms with Gasteiger partial charge in [0.05, 0.1) is 6.10 Å². The summed E-state index contributed by atoms with van der Waals surface area (Å²) < 4.78 is 5.63. The van der Waals surface area contributed by atoms with E-state index in [1.807, 2.05) is 27.7 Å². The molecule has 0 aromatic rings. The maximum absolute atomic E-state index is 13.0. The molecule has 1 aliphatic heterocycles. The number of hydrogen-bond donors (Lipinski definition) is 3. The number of likely N-dealkylation sites (tertiary alicyclic amines) is 1. The lowest BCUT2D eigenvalue weighted by atomic mass is 10.2. The summed E-state index contributed by atoms with van der Waals surface area (Å²) in [5.74, 6) is -1.69. The molecule has 5 amide bonds. The Morgan fingerprint density at radius 3 is 2.31 bits per heavy atom. The number of urea groups is 2. The molecule has 0 saturated carbocycles. The third-order valence-corrected chi connectivity index (χ3v) is 4.66. The standard InChI is InChI=1S/C19H34N4O6/c1-6-13(5)20-18(27)23(11-16(24)25)19(28)22-10-8-9-14(22)17(26)21-15(7-2)29-12(3)4/h12-15H,6-11H2,1-5H3,(H,20,27)(H,21,26)(H,24,25). The van der Waals surface area contributed by atoms with Gasteiger partial charge in [-0.15, -0.1) is 0 Å². The van der Waals surface area contributed by atoms with Crippen LogP contribution in [-0.2, 0) is 14.3 Å². The van der Waals surface area contributed by atoms with Crippen LogP contribution in [0.3, 0.4) is 0 Å². The van der Waals surface area contributed by atoms with Crippen molar-refractivity contribution in [2.75, 3.05) is 13.1 Å². The van der Waals surface area contributed by atoms with Crippen molar-refractivity contribution in [1.82, 2.24) is 20.4 Å². The molecule has 0 radical (unpaired) electrons. The summed E-state index contributed by atoms with van der Waals surface area (Å²) >= 11 is 0. The number of nitrogens with one attached hydrogen (secondary N) is 2. The highest BCUT2D eigenvalue weighted by atomic mass is 16.5. The predicted octanol–water partition coefficient (Wildman–Crippen LogP) is 1.74. The van der Waals surface area contributed by atoms with Gasteiger partial charge in [-0.25, -0.2) is 14.5 Å². The zero-order valence-corrected chi connectivity index (χ0v) is 17.9. The third kappa shape index (κ3) is 7.52. The Kier molecular flexibility index (Phi) is 9.87. The fraction of sp³-hybridized carbons (Fsp3) is 0.789. The largest absolute Gasteiger partial charge is 0.480 e. The SMILES string of the molecule is CCC(C)NC(=O)N(CC(=O)O)C(=O)N1CCCC1C(=O)NC(CC)OC(C)C. The van der Waals surface area contributed by atoms with Gasteiger partial charge < -0.3 is 25.4 Å². The lowest BCUT2D eigenvalue weighted by Gasteiger charge is -2.31. The molecular formula is C19H34N4O6. The van der Waals surface area contributed by atoms with Crippen LogP contribution in [-0.4, -0.2) is 76.4 Å².